The molecule has 1 atom stereocenters. The van der Waals surface area contributed by atoms with Crippen molar-refractivity contribution in [2.75, 3.05) is 0 Å². The number of carboxylic acids is 2. The molecule has 0 aliphatic carbocycles. The van der Waals surface area contributed by atoms with Crippen LogP contribution in [0.1, 0.15) is 47.2 Å². The van der Waals surface area contributed by atoms with Crippen molar-refractivity contribution in [1.82, 2.24) is 10.3 Å². The predicted molar refractivity (Wildman–Crippen MR) is 76.1 cm³/mol. The number of amidine groups is 1. The summed E-state index contributed by atoms with van der Waals surface area (Å²) in [7, 11) is 0. The Labute approximate surface area is 125 Å². The summed E-state index contributed by atoms with van der Waals surface area (Å²) in [6.07, 6.45) is 1.03. The topological polar surface area (TPSA) is 129 Å². The molecule has 0 fully saturated rings. The lowest BCUT2D eigenvalue weighted by molar-refractivity contribution is -0.124. The SMILES string of the molecule is CC(C)C1(C)N=C(c2ncc(C(=O)O)cc2C(=O)O)NC1=O. The molecule has 8 nitrogen and oxygen atoms in total. The molecule has 0 aromatic carbocycles. The average Bonchev–Trinajstić information content (AvgIpc) is 2.75. The first-order chi connectivity index (χ1) is 10.2. The lowest BCUT2D eigenvalue weighted by Crippen LogP contribution is -2.41. The van der Waals surface area contributed by atoms with E-state index in [2.05, 4.69) is 15.3 Å². The number of hydrogen-bond donors (Lipinski definition) is 3. The normalized spacial score (nSPS) is 20.7. The number of amides is 1. The monoisotopic (exact) mass is 305 g/mol. The van der Waals surface area contributed by atoms with Crippen molar-refractivity contribution in [1.29, 1.82) is 0 Å². The van der Waals surface area contributed by atoms with Gasteiger partial charge in [0.2, 0.25) is 0 Å². The third kappa shape index (κ3) is 2.43. The van der Waals surface area contributed by atoms with E-state index in [0.717, 1.165) is 12.3 Å². The van der Waals surface area contributed by atoms with Gasteiger partial charge in [0.1, 0.15) is 11.2 Å². The highest BCUT2D eigenvalue weighted by molar-refractivity contribution is 6.17. The van der Waals surface area contributed by atoms with Crippen molar-refractivity contribution in [3.05, 3.63) is 29.1 Å². The number of carbonyl (C=O) groups excluding carboxylic acids is 1. The first-order valence-corrected chi connectivity index (χ1v) is 6.55. The lowest BCUT2D eigenvalue weighted by atomic mass is 9.89. The van der Waals surface area contributed by atoms with E-state index in [1.54, 1.807) is 6.92 Å². The van der Waals surface area contributed by atoms with E-state index in [1.807, 2.05) is 13.8 Å². The Morgan fingerprint density at radius 3 is 2.36 bits per heavy atom. The average molecular weight is 305 g/mol. The summed E-state index contributed by atoms with van der Waals surface area (Å²) in [6, 6.07) is 0.993. The van der Waals surface area contributed by atoms with Crippen LogP contribution in [0.25, 0.3) is 0 Å². The Balaban J connectivity index is 2.57. The Morgan fingerprint density at radius 1 is 1.27 bits per heavy atom. The molecule has 0 bridgehead atoms. The van der Waals surface area contributed by atoms with Crippen molar-refractivity contribution < 1.29 is 24.6 Å². The molecule has 2 rings (SSSR count). The van der Waals surface area contributed by atoms with Gasteiger partial charge in [0.05, 0.1) is 11.1 Å². The molecule has 3 N–H and O–H groups in total. The second-order valence-electron chi connectivity index (χ2n) is 5.45. The van der Waals surface area contributed by atoms with Crippen molar-refractivity contribution in [3.63, 3.8) is 0 Å². The van der Waals surface area contributed by atoms with E-state index in [1.165, 1.54) is 0 Å². The van der Waals surface area contributed by atoms with Gasteiger partial charge in [-0.05, 0) is 18.9 Å². The molecular weight excluding hydrogens is 290 g/mol. The molecule has 0 spiro atoms. The molecule has 1 aliphatic heterocycles. The molecule has 0 radical (unpaired) electrons. The summed E-state index contributed by atoms with van der Waals surface area (Å²) in [4.78, 5) is 42.5. The molecular formula is C14H15N3O5. The van der Waals surface area contributed by atoms with E-state index in [-0.39, 0.29) is 34.5 Å². The second kappa shape index (κ2) is 5.21. The molecule has 1 unspecified atom stereocenters. The van der Waals surface area contributed by atoms with Crippen LogP contribution in [-0.4, -0.2) is 44.4 Å². The number of nitrogens with zero attached hydrogens (tertiary/aromatic N) is 2. The summed E-state index contributed by atoms with van der Waals surface area (Å²) in [6.45, 7) is 5.29. The van der Waals surface area contributed by atoms with Crippen LogP contribution in [0.3, 0.4) is 0 Å². The van der Waals surface area contributed by atoms with Crippen LogP contribution in [-0.2, 0) is 4.79 Å². The number of carbonyl (C=O) groups is 3. The second-order valence-corrected chi connectivity index (χ2v) is 5.45. The van der Waals surface area contributed by atoms with Crippen LogP contribution >= 0.6 is 0 Å². The minimum Gasteiger partial charge on any atom is -0.478 e. The van der Waals surface area contributed by atoms with Crippen molar-refractivity contribution in [3.8, 4) is 0 Å². The van der Waals surface area contributed by atoms with E-state index in [0.29, 0.717) is 0 Å². The zero-order valence-electron chi connectivity index (χ0n) is 12.2. The van der Waals surface area contributed by atoms with Gasteiger partial charge in [0.15, 0.2) is 5.84 Å². The fourth-order valence-corrected chi connectivity index (χ4v) is 1.98. The van der Waals surface area contributed by atoms with Gasteiger partial charge in [-0.15, -0.1) is 0 Å². The zero-order valence-corrected chi connectivity index (χ0v) is 12.2. The number of aromatic carboxylic acids is 2. The Bertz CT molecular complexity index is 710. The number of carboxylic acid groups (broad SMARTS) is 2. The molecule has 116 valence electrons. The molecule has 1 aromatic rings. The smallest absolute Gasteiger partial charge is 0.338 e. The molecule has 2 heterocycles. The maximum absolute atomic E-state index is 12.1. The highest BCUT2D eigenvalue weighted by Crippen LogP contribution is 2.27. The van der Waals surface area contributed by atoms with Gasteiger partial charge in [0.25, 0.3) is 5.91 Å². The molecule has 8 heteroatoms. The van der Waals surface area contributed by atoms with Crippen LogP contribution in [0.15, 0.2) is 17.3 Å². The first-order valence-electron chi connectivity index (χ1n) is 6.55. The number of nitrogens with one attached hydrogen (secondary N) is 1. The Kier molecular flexibility index (Phi) is 3.70. The lowest BCUT2D eigenvalue weighted by Gasteiger charge is -2.21. The quantitative estimate of drug-likeness (QED) is 0.753. The molecule has 1 aromatic heterocycles. The standard InChI is InChI=1S/C14H15N3O5/c1-6(2)14(3)13(22)16-10(17-14)9-8(12(20)21)4-7(5-15-9)11(18)19/h4-6H,1-3H3,(H,18,19)(H,20,21)(H,16,17,22). The van der Waals surface area contributed by atoms with E-state index < -0.39 is 17.5 Å². The number of aliphatic imine (C=N–C) groups is 1. The van der Waals surface area contributed by atoms with Gasteiger partial charge >= 0.3 is 11.9 Å². The summed E-state index contributed by atoms with van der Waals surface area (Å²) in [5.41, 5.74) is -1.65. The van der Waals surface area contributed by atoms with E-state index in [4.69, 9.17) is 5.11 Å². The summed E-state index contributed by atoms with van der Waals surface area (Å²) in [5, 5.41) is 20.7. The number of rotatable bonds is 4. The summed E-state index contributed by atoms with van der Waals surface area (Å²) in [5.74, 6) is -3.04. The van der Waals surface area contributed by atoms with E-state index in [9.17, 15) is 19.5 Å². The zero-order chi connectivity index (χ0) is 16.7. The number of aromatic nitrogens is 1. The van der Waals surface area contributed by atoms with Crippen LogP contribution in [0.2, 0.25) is 0 Å². The van der Waals surface area contributed by atoms with Crippen molar-refractivity contribution in [2.45, 2.75) is 26.3 Å². The van der Waals surface area contributed by atoms with Gasteiger partial charge in [-0.2, -0.15) is 0 Å². The fraction of sp³-hybridized carbons (Fsp3) is 0.357. The van der Waals surface area contributed by atoms with Crippen molar-refractivity contribution >= 4 is 23.7 Å². The highest BCUT2D eigenvalue weighted by Gasteiger charge is 2.43. The maximum atomic E-state index is 12.1. The van der Waals surface area contributed by atoms with Gasteiger partial charge in [0, 0.05) is 6.20 Å². The Morgan fingerprint density at radius 2 is 1.91 bits per heavy atom. The minimum absolute atomic E-state index is 0.0375. The number of pyridine rings is 1. The summed E-state index contributed by atoms with van der Waals surface area (Å²) < 4.78 is 0. The Hall–Kier alpha value is -2.77. The molecule has 22 heavy (non-hydrogen) atoms. The van der Waals surface area contributed by atoms with Gasteiger partial charge in [-0.3, -0.25) is 9.78 Å². The fourth-order valence-electron chi connectivity index (χ4n) is 1.98. The summed E-state index contributed by atoms with van der Waals surface area (Å²) >= 11 is 0. The van der Waals surface area contributed by atoms with Gasteiger partial charge < -0.3 is 15.5 Å². The van der Waals surface area contributed by atoms with Gasteiger partial charge in [-0.25, -0.2) is 14.6 Å². The predicted octanol–water partition coefficient (Wildman–Crippen LogP) is 0.769. The molecule has 1 aliphatic rings. The van der Waals surface area contributed by atoms with Crippen LogP contribution in [0, 0.1) is 5.92 Å². The third-order valence-electron chi connectivity index (χ3n) is 3.75. The first kappa shape index (κ1) is 15.6. The van der Waals surface area contributed by atoms with Crippen LogP contribution in [0.5, 0.6) is 0 Å². The minimum atomic E-state index is -1.35. The van der Waals surface area contributed by atoms with Crippen LogP contribution < -0.4 is 5.32 Å². The largest absolute Gasteiger partial charge is 0.478 e. The molecule has 0 saturated carbocycles. The highest BCUT2D eigenvalue weighted by atomic mass is 16.4. The maximum Gasteiger partial charge on any atom is 0.338 e. The third-order valence-corrected chi connectivity index (χ3v) is 3.75. The van der Waals surface area contributed by atoms with Crippen LogP contribution in [0.4, 0.5) is 0 Å². The van der Waals surface area contributed by atoms with Crippen molar-refractivity contribution in [2.24, 2.45) is 10.9 Å². The molecule has 1 amide bonds. The molecule has 0 saturated heterocycles. The van der Waals surface area contributed by atoms with Gasteiger partial charge in [-0.1, -0.05) is 13.8 Å². The number of hydrogen-bond acceptors (Lipinski definition) is 5. The van der Waals surface area contributed by atoms with E-state index >= 15 is 0 Å².